The van der Waals surface area contributed by atoms with Crippen LogP contribution < -0.4 is 4.74 Å². The van der Waals surface area contributed by atoms with Gasteiger partial charge in [0.1, 0.15) is 5.75 Å². The molecule has 1 saturated heterocycles. The number of carbonyl (C=O) groups excluding carboxylic acids is 1. The Morgan fingerprint density at radius 1 is 0.972 bits per heavy atom. The molecule has 1 aliphatic heterocycles. The highest BCUT2D eigenvalue weighted by molar-refractivity contribution is 6.30. The maximum Gasteiger partial charge on any atom is 0.260 e. The van der Waals surface area contributed by atoms with Crippen LogP contribution in [0.5, 0.6) is 5.75 Å². The van der Waals surface area contributed by atoms with Gasteiger partial charge in [-0.25, -0.2) is 0 Å². The van der Waals surface area contributed by atoms with Crippen LogP contribution in [0.1, 0.15) is 11.1 Å². The molecule has 0 unspecified atom stereocenters. The Morgan fingerprint density at radius 3 is 2.56 bits per heavy atom. The van der Waals surface area contributed by atoms with Crippen molar-refractivity contribution in [3.8, 4) is 28.6 Å². The Bertz CT molecular complexity index is 1350. The van der Waals surface area contributed by atoms with Gasteiger partial charge in [-0.05, 0) is 54.4 Å². The summed E-state index contributed by atoms with van der Waals surface area (Å²) in [5.74, 6) is 1.72. The molecule has 3 aromatic carbocycles. The molecule has 184 valence electrons. The number of halogens is 1. The normalized spacial score (nSPS) is 14.1. The molecule has 0 aliphatic carbocycles. The monoisotopic (exact) mass is 502 g/mol. The van der Waals surface area contributed by atoms with E-state index in [1.165, 1.54) is 0 Å². The summed E-state index contributed by atoms with van der Waals surface area (Å²) in [6.07, 6.45) is 0. The van der Waals surface area contributed by atoms with Gasteiger partial charge in [0, 0.05) is 48.9 Å². The van der Waals surface area contributed by atoms with Crippen molar-refractivity contribution in [1.82, 2.24) is 19.9 Å². The number of nitrogens with zero attached hydrogens (tertiary/aromatic N) is 4. The quantitative estimate of drug-likeness (QED) is 0.350. The molecule has 5 rings (SSSR count). The Morgan fingerprint density at radius 2 is 1.75 bits per heavy atom. The Hall–Kier alpha value is -3.68. The summed E-state index contributed by atoms with van der Waals surface area (Å²) in [6.45, 7) is 5.84. The van der Waals surface area contributed by atoms with Crippen LogP contribution in [0.25, 0.3) is 22.8 Å². The number of aryl methyl sites for hydroxylation is 1. The first kappa shape index (κ1) is 24.0. The number of rotatable bonds is 7. The molecule has 1 fully saturated rings. The molecule has 0 spiro atoms. The second-order valence-corrected chi connectivity index (χ2v) is 9.33. The van der Waals surface area contributed by atoms with Crippen LogP contribution in [0.3, 0.4) is 0 Å². The largest absolute Gasteiger partial charge is 0.484 e. The molecule has 8 heteroatoms. The third-order valence-corrected chi connectivity index (χ3v) is 6.40. The first-order valence-electron chi connectivity index (χ1n) is 11.9. The lowest BCUT2D eigenvalue weighted by Crippen LogP contribution is -2.49. The zero-order chi connectivity index (χ0) is 24.9. The van der Waals surface area contributed by atoms with Crippen LogP contribution in [0.4, 0.5) is 0 Å². The van der Waals surface area contributed by atoms with Crippen molar-refractivity contribution < 1.29 is 14.1 Å². The van der Waals surface area contributed by atoms with E-state index in [1.54, 1.807) is 12.1 Å². The van der Waals surface area contributed by atoms with Crippen molar-refractivity contribution in [3.05, 3.63) is 88.9 Å². The zero-order valence-corrected chi connectivity index (χ0v) is 20.8. The Labute approximate surface area is 215 Å². The lowest BCUT2D eigenvalue weighted by Gasteiger charge is -2.34. The standard InChI is InChI=1S/C28H27ClN4O3/c1-20-5-2-10-25(15-20)35-19-26(34)33-13-11-32(12-14-33)18-21-6-3-7-22(16-21)27-30-28(36-31-27)23-8-4-9-24(29)17-23/h2-10,15-17H,11-14,18-19H2,1H3. The van der Waals surface area contributed by atoms with Gasteiger partial charge in [-0.2, -0.15) is 4.98 Å². The summed E-state index contributed by atoms with van der Waals surface area (Å²) >= 11 is 6.08. The molecule has 1 aliphatic rings. The number of hydrogen-bond acceptors (Lipinski definition) is 6. The second-order valence-electron chi connectivity index (χ2n) is 8.90. The zero-order valence-electron chi connectivity index (χ0n) is 20.1. The highest BCUT2D eigenvalue weighted by Gasteiger charge is 2.22. The molecule has 0 N–H and O–H groups in total. The number of hydrogen-bond donors (Lipinski definition) is 0. The minimum atomic E-state index is 0.0192. The van der Waals surface area contributed by atoms with Gasteiger partial charge >= 0.3 is 0 Å². The van der Waals surface area contributed by atoms with Crippen molar-refractivity contribution in [2.45, 2.75) is 13.5 Å². The summed E-state index contributed by atoms with van der Waals surface area (Å²) in [5, 5.41) is 4.78. The highest BCUT2D eigenvalue weighted by atomic mass is 35.5. The molecule has 2 heterocycles. The minimum absolute atomic E-state index is 0.0192. The molecule has 1 amide bonds. The predicted octanol–water partition coefficient (Wildman–Crippen LogP) is 5.09. The molecular weight excluding hydrogens is 476 g/mol. The third kappa shape index (κ3) is 5.93. The summed E-state index contributed by atoms with van der Waals surface area (Å²) in [5.41, 5.74) is 3.95. The number of piperazine rings is 1. The maximum atomic E-state index is 12.6. The first-order chi connectivity index (χ1) is 17.5. The highest BCUT2D eigenvalue weighted by Crippen LogP contribution is 2.25. The van der Waals surface area contributed by atoms with Crippen LogP contribution in [0.2, 0.25) is 5.02 Å². The molecule has 0 atom stereocenters. The number of benzene rings is 3. The fourth-order valence-electron chi connectivity index (χ4n) is 4.24. The van der Waals surface area contributed by atoms with E-state index in [4.69, 9.17) is 20.9 Å². The summed E-state index contributed by atoms with van der Waals surface area (Å²) < 4.78 is 11.1. The Balaban J connectivity index is 1.15. The fourth-order valence-corrected chi connectivity index (χ4v) is 4.43. The predicted molar refractivity (Wildman–Crippen MR) is 139 cm³/mol. The number of amides is 1. The molecule has 36 heavy (non-hydrogen) atoms. The van der Waals surface area contributed by atoms with E-state index in [-0.39, 0.29) is 12.5 Å². The van der Waals surface area contributed by atoms with Crippen LogP contribution in [0.15, 0.2) is 77.3 Å². The summed E-state index contributed by atoms with van der Waals surface area (Å²) in [7, 11) is 0. The van der Waals surface area contributed by atoms with Gasteiger partial charge in [0.15, 0.2) is 6.61 Å². The molecule has 0 radical (unpaired) electrons. The van der Waals surface area contributed by atoms with Gasteiger partial charge in [0.25, 0.3) is 11.8 Å². The lowest BCUT2D eigenvalue weighted by molar-refractivity contribution is -0.135. The average Bonchev–Trinajstić information content (AvgIpc) is 3.39. The molecular formula is C28H27ClN4O3. The van der Waals surface area contributed by atoms with E-state index >= 15 is 0 Å². The van der Waals surface area contributed by atoms with Crippen molar-refractivity contribution in [3.63, 3.8) is 0 Å². The van der Waals surface area contributed by atoms with Crippen molar-refractivity contribution >= 4 is 17.5 Å². The third-order valence-electron chi connectivity index (χ3n) is 6.17. The van der Waals surface area contributed by atoms with Crippen molar-refractivity contribution in [2.75, 3.05) is 32.8 Å². The van der Waals surface area contributed by atoms with Crippen LogP contribution in [-0.4, -0.2) is 58.6 Å². The van der Waals surface area contributed by atoms with Gasteiger partial charge < -0.3 is 14.2 Å². The number of carbonyl (C=O) groups is 1. The van der Waals surface area contributed by atoms with Gasteiger partial charge in [0.2, 0.25) is 5.82 Å². The SMILES string of the molecule is Cc1cccc(OCC(=O)N2CCN(Cc3cccc(-c4noc(-c5cccc(Cl)c5)n4)c3)CC2)c1. The van der Waals surface area contributed by atoms with E-state index in [9.17, 15) is 4.79 Å². The lowest BCUT2D eigenvalue weighted by atomic mass is 10.1. The molecule has 0 bridgehead atoms. The second kappa shape index (κ2) is 10.9. The van der Waals surface area contributed by atoms with E-state index in [1.807, 2.05) is 60.4 Å². The van der Waals surface area contributed by atoms with Gasteiger partial charge in [-0.15, -0.1) is 0 Å². The fraction of sp³-hybridized carbons (Fsp3) is 0.250. The maximum absolute atomic E-state index is 12.6. The minimum Gasteiger partial charge on any atom is -0.484 e. The van der Waals surface area contributed by atoms with Gasteiger partial charge in [0.05, 0.1) is 0 Å². The molecule has 1 aromatic heterocycles. The van der Waals surface area contributed by atoms with Gasteiger partial charge in [-0.3, -0.25) is 9.69 Å². The Kier molecular flexibility index (Phi) is 7.30. The van der Waals surface area contributed by atoms with Crippen LogP contribution in [0, 0.1) is 6.92 Å². The molecule has 4 aromatic rings. The topological polar surface area (TPSA) is 71.7 Å². The van der Waals surface area contributed by atoms with E-state index in [0.29, 0.717) is 29.8 Å². The number of ether oxygens (including phenoxy) is 1. The smallest absolute Gasteiger partial charge is 0.260 e. The first-order valence-corrected chi connectivity index (χ1v) is 12.3. The molecule has 0 saturated carbocycles. The van der Waals surface area contributed by atoms with Crippen LogP contribution in [-0.2, 0) is 11.3 Å². The van der Waals surface area contributed by atoms with E-state index in [2.05, 4.69) is 27.2 Å². The number of aromatic nitrogens is 2. The average molecular weight is 503 g/mol. The summed E-state index contributed by atoms with van der Waals surface area (Å²) in [6, 6.07) is 23.2. The molecule has 7 nitrogen and oxygen atoms in total. The van der Waals surface area contributed by atoms with E-state index < -0.39 is 0 Å². The van der Waals surface area contributed by atoms with Crippen LogP contribution >= 0.6 is 11.6 Å². The van der Waals surface area contributed by atoms with Gasteiger partial charge in [-0.1, -0.05) is 53.2 Å². The summed E-state index contributed by atoms with van der Waals surface area (Å²) in [4.78, 5) is 21.4. The van der Waals surface area contributed by atoms with Crippen molar-refractivity contribution in [2.24, 2.45) is 0 Å². The van der Waals surface area contributed by atoms with Crippen molar-refractivity contribution in [1.29, 1.82) is 0 Å². The van der Waals surface area contributed by atoms with E-state index in [0.717, 1.165) is 47.6 Å².